The normalized spacial score (nSPS) is 9.50. The molecule has 0 atom stereocenters. The maximum absolute atomic E-state index is 5.01. The van der Waals surface area contributed by atoms with E-state index >= 15 is 0 Å². The van der Waals surface area contributed by atoms with Gasteiger partial charge in [0.05, 0.1) is 0 Å². The highest BCUT2D eigenvalue weighted by molar-refractivity contribution is 6.33. The number of hydrogen-bond donors (Lipinski definition) is 0. The van der Waals surface area contributed by atoms with Crippen LogP contribution >= 0.6 is 34.8 Å². The summed E-state index contributed by atoms with van der Waals surface area (Å²) in [6.45, 7) is 1.87. The molecule has 0 aromatic carbocycles. The Balaban J connectivity index is 0. The molecule has 0 amide bonds. The Morgan fingerprint density at radius 3 is 1.12 bits per heavy atom. The Morgan fingerprint density at radius 2 is 1.12 bits per heavy atom. The van der Waals surface area contributed by atoms with Gasteiger partial charge in [0.1, 0.15) is 0 Å². The lowest BCUT2D eigenvalue weighted by molar-refractivity contribution is 1.78. The molecule has 0 saturated carbocycles. The van der Waals surface area contributed by atoms with Gasteiger partial charge >= 0.3 is 0 Å². The van der Waals surface area contributed by atoms with Crippen molar-refractivity contribution in [3.8, 4) is 0 Å². The van der Waals surface area contributed by atoms with E-state index in [0.717, 1.165) is 0 Å². The Kier molecular flexibility index (Phi) is 21.9. The van der Waals surface area contributed by atoms with Crippen LogP contribution in [0.2, 0.25) is 0 Å². The van der Waals surface area contributed by atoms with Crippen LogP contribution in [0.3, 0.4) is 0 Å². The quantitative estimate of drug-likeness (QED) is 0.524. The van der Waals surface area contributed by atoms with Crippen LogP contribution in [0.25, 0.3) is 0 Å². The summed E-state index contributed by atoms with van der Waals surface area (Å²) in [4.78, 5) is 0. The lowest BCUT2D eigenvalue weighted by Gasteiger charge is -1.46. The minimum Gasteiger partial charge on any atom is -0.0933 e. The molecule has 0 aromatic rings. The van der Waals surface area contributed by atoms with Crippen molar-refractivity contribution in [2.24, 2.45) is 0 Å². The van der Waals surface area contributed by atoms with E-state index in [9.17, 15) is 0 Å². The zero-order chi connectivity index (χ0) is 6.83. The minimum atomic E-state index is 1.24. The second kappa shape index (κ2) is 15.7. The van der Waals surface area contributed by atoms with Gasteiger partial charge in [-0.15, -0.1) is 0 Å². The predicted molar refractivity (Wildman–Crippen MR) is 41.5 cm³/mol. The summed E-state index contributed by atoms with van der Waals surface area (Å²) in [5.74, 6) is 0. The van der Waals surface area contributed by atoms with Crippen LogP contribution in [-0.2, 0) is 0 Å². The van der Waals surface area contributed by atoms with Gasteiger partial charge < -0.3 is 0 Å². The van der Waals surface area contributed by atoms with Crippen molar-refractivity contribution in [2.75, 3.05) is 0 Å². The Morgan fingerprint density at radius 1 is 0.875 bits per heavy atom. The van der Waals surface area contributed by atoms with Crippen molar-refractivity contribution < 1.29 is 0 Å². The van der Waals surface area contributed by atoms with Crippen LogP contribution in [0.15, 0.2) is 22.7 Å². The molecule has 0 rings (SSSR count). The molecule has 0 radical (unpaired) electrons. The topological polar surface area (TPSA) is 0 Å². The molecule has 0 saturated heterocycles. The van der Waals surface area contributed by atoms with E-state index in [0.29, 0.717) is 0 Å². The molecule has 3 heteroatoms. The monoisotopic (exact) mass is 172 g/mol. The fraction of sp³-hybridized carbons (Fsp3) is 0.200. The van der Waals surface area contributed by atoms with Gasteiger partial charge in [-0.2, -0.15) is 0 Å². The number of halogens is 3. The molecule has 0 heterocycles. The standard InChI is InChI=1S/C3H5Cl.C2H2Cl2/c1-2-3-4;3-1-2-4/h2-3H,1H3;1-2H/b3-2-;2-1-. The first-order chi connectivity index (χ1) is 3.83. The molecule has 0 aliphatic rings. The third-order valence-corrected chi connectivity index (χ3v) is 0.807. The van der Waals surface area contributed by atoms with Gasteiger partial charge in [0.15, 0.2) is 0 Å². The van der Waals surface area contributed by atoms with Gasteiger partial charge in [0, 0.05) is 11.1 Å². The van der Waals surface area contributed by atoms with E-state index in [1.807, 2.05) is 6.92 Å². The molecule has 0 fully saturated rings. The fourth-order valence-corrected chi connectivity index (χ4v) is 0. The largest absolute Gasteiger partial charge is 0.0933 e. The van der Waals surface area contributed by atoms with Crippen LogP contribution in [0.5, 0.6) is 0 Å². The number of allylic oxidation sites excluding steroid dienone is 1. The molecule has 48 valence electrons. The van der Waals surface area contributed by atoms with Crippen molar-refractivity contribution in [3.63, 3.8) is 0 Å². The van der Waals surface area contributed by atoms with Gasteiger partial charge in [-0.1, -0.05) is 40.9 Å². The molecule has 0 bridgehead atoms. The summed E-state index contributed by atoms with van der Waals surface area (Å²) in [5, 5.41) is 0. The van der Waals surface area contributed by atoms with E-state index in [-0.39, 0.29) is 0 Å². The first-order valence-electron chi connectivity index (χ1n) is 1.90. The third-order valence-electron chi connectivity index (χ3n) is 0.174. The Hall–Kier alpha value is 0.350. The minimum absolute atomic E-state index is 1.24. The predicted octanol–water partition coefficient (Wildman–Crippen LogP) is 3.69. The van der Waals surface area contributed by atoms with E-state index in [2.05, 4.69) is 0 Å². The molecule has 0 spiro atoms. The van der Waals surface area contributed by atoms with Crippen molar-refractivity contribution in [3.05, 3.63) is 22.7 Å². The molecule has 0 aliphatic heterocycles. The van der Waals surface area contributed by atoms with Crippen LogP contribution in [0.1, 0.15) is 6.92 Å². The maximum atomic E-state index is 5.01. The van der Waals surface area contributed by atoms with Crippen LogP contribution < -0.4 is 0 Å². The molecule has 0 N–H and O–H groups in total. The zero-order valence-electron chi connectivity index (χ0n) is 4.44. The van der Waals surface area contributed by atoms with Crippen molar-refractivity contribution in [1.82, 2.24) is 0 Å². The molecule has 0 nitrogen and oxygen atoms in total. The summed E-state index contributed by atoms with van der Waals surface area (Å²) < 4.78 is 0. The zero-order valence-corrected chi connectivity index (χ0v) is 6.71. The summed E-state index contributed by atoms with van der Waals surface area (Å²) in [6, 6.07) is 0. The van der Waals surface area contributed by atoms with Crippen molar-refractivity contribution in [2.45, 2.75) is 6.92 Å². The highest BCUT2D eigenvalue weighted by atomic mass is 35.5. The van der Waals surface area contributed by atoms with Gasteiger partial charge in [-0.25, -0.2) is 0 Å². The van der Waals surface area contributed by atoms with E-state index in [1.165, 1.54) is 16.6 Å². The van der Waals surface area contributed by atoms with Crippen LogP contribution in [0, 0.1) is 0 Å². The lowest BCUT2D eigenvalue weighted by atomic mass is 10.8. The van der Waals surface area contributed by atoms with Crippen LogP contribution in [-0.4, -0.2) is 0 Å². The summed E-state index contributed by atoms with van der Waals surface area (Å²) in [5.41, 5.74) is 3.95. The molecule has 8 heavy (non-hydrogen) atoms. The highest BCUT2D eigenvalue weighted by Gasteiger charge is 1.40. The third kappa shape index (κ3) is 32.9. The van der Waals surface area contributed by atoms with E-state index < -0.39 is 0 Å². The first-order valence-corrected chi connectivity index (χ1v) is 3.21. The van der Waals surface area contributed by atoms with E-state index in [4.69, 9.17) is 34.8 Å². The Labute approximate surface area is 64.7 Å². The Bertz CT molecular complexity index is 48.1. The second-order valence-corrected chi connectivity index (χ2v) is 1.47. The fourth-order valence-electron chi connectivity index (χ4n) is 0. The van der Waals surface area contributed by atoms with Crippen molar-refractivity contribution in [1.29, 1.82) is 0 Å². The second-order valence-electron chi connectivity index (χ2n) is 0.711. The summed E-state index contributed by atoms with van der Waals surface area (Å²) in [6.07, 6.45) is 1.77. The number of hydrogen-bond acceptors (Lipinski definition) is 0. The van der Waals surface area contributed by atoms with Gasteiger partial charge in [-0.05, 0) is 12.5 Å². The summed E-state index contributed by atoms with van der Waals surface area (Å²) >= 11 is 14.8. The van der Waals surface area contributed by atoms with Crippen molar-refractivity contribution >= 4 is 34.8 Å². The molecule has 0 aromatic heterocycles. The SMILES string of the molecule is C/C=C\Cl.Cl/C=C\Cl. The smallest absolute Gasteiger partial charge is 0.0156 e. The molecular weight excluding hydrogens is 166 g/mol. The average molecular weight is 173 g/mol. The van der Waals surface area contributed by atoms with Crippen LogP contribution in [0.4, 0.5) is 0 Å². The average Bonchev–Trinajstić information content (AvgIpc) is 1.88. The summed E-state index contributed by atoms with van der Waals surface area (Å²) in [7, 11) is 0. The molecule has 0 unspecified atom stereocenters. The molecular formula is C5H7Cl3. The maximum Gasteiger partial charge on any atom is 0.0156 e. The lowest BCUT2D eigenvalue weighted by Crippen LogP contribution is -1.20. The van der Waals surface area contributed by atoms with Gasteiger partial charge in [-0.3, -0.25) is 0 Å². The van der Waals surface area contributed by atoms with E-state index in [1.54, 1.807) is 6.08 Å². The van der Waals surface area contributed by atoms with Gasteiger partial charge in [0.25, 0.3) is 0 Å². The molecule has 0 aliphatic carbocycles. The highest BCUT2D eigenvalue weighted by Crippen LogP contribution is 1.78. The van der Waals surface area contributed by atoms with Gasteiger partial charge in [0.2, 0.25) is 0 Å². The first kappa shape index (κ1) is 11.2. The number of rotatable bonds is 0.